The predicted molar refractivity (Wildman–Crippen MR) is 115 cm³/mol. The molecule has 7 nitrogen and oxygen atoms in total. The number of amides is 1. The number of carbonyl (C=O) groups excluding carboxylic acids is 1. The summed E-state index contributed by atoms with van der Waals surface area (Å²) in [7, 11) is 0. The largest absolute Gasteiger partial charge is 0.474 e. The molecule has 0 bridgehead atoms. The van der Waals surface area contributed by atoms with Crippen LogP contribution in [-0.2, 0) is 11.3 Å². The molecule has 0 aliphatic carbocycles. The first-order chi connectivity index (χ1) is 14.4. The van der Waals surface area contributed by atoms with Gasteiger partial charge in [-0.15, -0.1) is 0 Å². The fourth-order valence-electron chi connectivity index (χ4n) is 3.62. The van der Waals surface area contributed by atoms with Crippen LogP contribution in [0.2, 0.25) is 0 Å². The topological polar surface area (TPSA) is 69.5 Å². The maximum absolute atomic E-state index is 12.2. The Morgan fingerprint density at radius 2 is 1.83 bits per heavy atom. The Kier molecular flexibility index (Phi) is 5.61. The third kappa shape index (κ3) is 4.72. The van der Waals surface area contributed by atoms with Gasteiger partial charge in [-0.1, -0.05) is 30.3 Å². The molecule has 158 valence electrons. The fraction of sp³-hybridized carbons (Fsp3) is 0.435. The quantitative estimate of drug-likeness (QED) is 0.645. The van der Waals surface area contributed by atoms with Gasteiger partial charge in [-0.2, -0.15) is 0 Å². The van der Waals surface area contributed by atoms with Crippen molar-refractivity contribution in [3.05, 3.63) is 54.5 Å². The number of aromatic nitrogens is 3. The molecular formula is C23H28N4O3. The maximum Gasteiger partial charge on any atom is 0.410 e. The zero-order valence-corrected chi connectivity index (χ0v) is 17.7. The van der Waals surface area contributed by atoms with Crippen molar-refractivity contribution < 1.29 is 14.3 Å². The Labute approximate surface area is 176 Å². The van der Waals surface area contributed by atoms with Crippen molar-refractivity contribution in [2.45, 2.75) is 51.9 Å². The van der Waals surface area contributed by atoms with Crippen LogP contribution in [0.4, 0.5) is 4.79 Å². The standard InChI is InChI=1S/C23H28N4O3/c1-23(2,3)30-22(28)26-12-9-18(10-13-26)29-21-19-11-14-27(20(19)24-16-25-21)15-17-7-5-4-6-8-17/h4-8,11,14,16,18H,9-10,12-13,15H2,1-3H3. The molecule has 1 aromatic carbocycles. The van der Waals surface area contributed by atoms with Crippen LogP contribution in [0.15, 0.2) is 48.9 Å². The lowest BCUT2D eigenvalue weighted by Crippen LogP contribution is -2.44. The Morgan fingerprint density at radius 1 is 1.10 bits per heavy atom. The molecule has 0 unspecified atom stereocenters. The van der Waals surface area contributed by atoms with E-state index in [1.165, 1.54) is 5.56 Å². The van der Waals surface area contributed by atoms with Crippen molar-refractivity contribution in [3.8, 4) is 5.88 Å². The molecule has 0 N–H and O–H groups in total. The summed E-state index contributed by atoms with van der Waals surface area (Å²) in [6.07, 6.45) is 4.81. The summed E-state index contributed by atoms with van der Waals surface area (Å²) < 4.78 is 13.8. The van der Waals surface area contributed by atoms with E-state index in [1.54, 1.807) is 11.2 Å². The van der Waals surface area contributed by atoms with E-state index in [-0.39, 0.29) is 12.2 Å². The van der Waals surface area contributed by atoms with Gasteiger partial charge in [-0.05, 0) is 32.4 Å². The molecule has 7 heteroatoms. The Morgan fingerprint density at radius 3 is 2.53 bits per heavy atom. The molecule has 0 atom stereocenters. The van der Waals surface area contributed by atoms with E-state index in [4.69, 9.17) is 9.47 Å². The third-order valence-corrected chi connectivity index (χ3v) is 5.09. The van der Waals surface area contributed by atoms with Gasteiger partial charge >= 0.3 is 6.09 Å². The van der Waals surface area contributed by atoms with E-state index in [1.807, 2.05) is 51.2 Å². The second-order valence-electron chi connectivity index (χ2n) is 8.63. The second kappa shape index (κ2) is 8.34. The molecule has 30 heavy (non-hydrogen) atoms. The molecule has 1 aliphatic rings. The van der Waals surface area contributed by atoms with E-state index in [9.17, 15) is 4.79 Å². The Balaban J connectivity index is 1.41. The van der Waals surface area contributed by atoms with Gasteiger partial charge in [0.25, 0.3) is 0 Å². The highest BCUT2D eigenvalue weighted by molar-refractivity contribution is 5.81. The van der Waals surface area contributed by atoms with Crippen LogP contribution in [0.25, 0.3) is 11.0 Å². The molecule has 0 saturated carbocycles. The van der Waals surface area contributed by atoms with Gasteiger partial charge < -0.3 is 18.9 Å². The van der Waals surface area contributed by atoms with Crippen LogP contribution in [0.3, 0.4) is 0 Å². The molecule has 3 aromatic rings. The summed E-state index contributed by atoms with van der Waals surface area (Å²) in [5, 5.41) is 0.906. The smallest absolute Gasteiger partial charge is 0.410 e. The van der Waals surface area contributed by atoms with Gasteiger partial charge in [-0.3, -0.25) is 0 Å². The summed E-state index contributed by atoms with van der Waals surface area (Å²) in [6.45, 7) is 7.61. The SMILES string of the molecule is CC(C)(C)OC(=O)N1CCC(Oc2ncnc3c2ccn3Cc2ccccc2)CC1. The van der Waals surface area contributed by atoms with Crippen molar-refractivity contribution in [1.29, 1.82) is 0 Å². The van der Waals surface area contributed by atoms with Crippen LogP contribution in [0.1, 0.15) is 39.2 Å². The van der Waals surface area contributed by atoms with Gasteiger partial charge in [-0.25, -0.2) is 14.8 Å². The third-order valence-electron chi connectivity index (χ3n) is 5.09. The number of piperidine rings is 1. The maximum atomic E-state index is 12.2. The van der Waals surface area contributed by atoms with Gasteiger partial charge in [0, 0.05) is 38.7 Å². The highest BCUT2D eigenvalue weighted by atomic mass is 16.6. The molecule has 1 amide bonds. The number of hydrogen-bond acceptors (Lipinski definition) is 5. The highest BCUT2D eigenvalue weighted by Crippen LogP contribution is 2.26. The number of carbonyl (C=O) groups is 1. The average molecular weight is 409 g/mol. The number of fused-ring (bicyclic) bond motifs is 1. The number of likely N-dealkylation sites (tertiary alicyclic amines) is 1. The molecule has 2 aromatic heterocycles. The van der Waals surface area contributed by atoms with Gasteiger partial charge in [0.15, 0.2) is 0 Å². The van der Waals surface area contributed by atoms with Crippen molar-refractivity contribution in [2.24, 2.45) is 0 Å². The normalized spacial score (nSPS) is 15.4. The van der Waals surface area contributed by atoms with Crippen molar-refractivity contribution in [3.63, 3.8) is 0 Å². The predicted octanol–water partition coefficient (Wildman–Crippen LogP) is 4.26. The summed E-state index contributed by atoms with van der Waals surface area (Å²) in [5.74, 6) is 0.600. The number of benzene rings is 1. The average Bonchev–Trinajstić information content (AvgIpc) is 3.12. The number of hydrogen-bond donors (Lipinski definition) is 0. The molecule has 1 fully saturated rings. The fourth-order valence-corrected chi connectivity index (χ4v) is 3.62. The number of nitrogens with zero attached hydrogens (tertiary/aromatic N) is 4. The lowest BCUT2D eigenvalue weighted by Gasteiger charge is -2.33. The van der Waals surface area contributed by atoms with Crippen molar-refractivity contribution in [1.82, 2.24) is 19.4 Å². The minimum Gasteiger partial charge on any atom is -0.474 e. The first-order valence-corrected chi connectivity index (χ1v) is 10.4. The van der Waals surface area contributed by atoms with Crippen molar-refractivity contribution in [2.75, 3.05) is 13.1 Å². The molecule has 3 heterocycles. The number of rotatable bonds is 4. The number of ether oxygens (including phenoxy) is 2. The molecule has 4 rings (SSSR count). The second-order valence-corrected chi connectivity index (χ2v) is 8.63. The van der Waals surface area contributed by atoms with Crippen LogP contribution >= 0.6 is 0 Å². The lowest BCUT2D eigenvalue weighted by molar-refractivity contribution is 0.0124. The van der Waals surface area contributed by atoms with E-state index in [0.29, 0.717) is 19.0 Å². The summed E-state index contributed by atoms with van der Waals surface area (Å²) >= 11 is 0. The van der Waals surface area contributed by atoms with Gasteiger partial charge in [0.05, 0.1) is 5.39 Å². The monoisotopic (exact) mass is 408 g/mol. The van der Waals surface area contributed by atoms with E-state index < -0.39 is 5.60 Å². The summed E-state index contributed by atoms with van der Waals surface area (Å²) in [4.78, 5) is 22.8. The Hall–Kier alpha value is -3.09. The molecular weight excluding hydrogens is 380 g/mol. The zero-order valence-electron chi connectivity index (χ0n) is 17.7. The van der Waals surface area contributed by atoms with E-state index in [2.05, 4.69) is 26.7 Å². The molecule has 1 aliphatic heterocycles. The van der Waals surface area contributed by atoms with Gasteiger partial charge in [0.2, 0.25) is 5.88 Å². The van der Waals surface area contributed by atoms with Crippen molar-refractivity contribution >= 4 is 17.1 Å². The lowest BCUT2D eigenvalue weighted by atomic mass is 10.1. The summed E-state index contributed by atoms with van der Waals surface area (Å²) in [6, 6.07) is 12.3. The van der Waals surface area contributed by atoms with Crippen LogP contribution in [0.5, 0.6) is 5.88 Å². The van der Waals surface area contributed by atoms with Crippen LogP contribution in [0, 0.1) is 0 Å². The molecule has 0 radical (unpaired) electrons. The Bertz CT molecular complexity index is 1000. The van der Waals surface area contributed by atoms with E-state index >= 15 is 0 Å². The van der Waals surface area contributed by atoms with E-state index in [0.717, 1.165) is 30.4 Å². The first-order valence-electron chi connectivity index (χ1n) is 10.4. The van der Waals surface area contributed by atoms with Gasteiger partial charge in [0.1, 0.15) is 23.7 Å². The van der Waals surface area contributed by atoms with Crippen LogP contribution in [-0.4, -0.2) is 50.3 Å². The molecule has 1 saturated heterocycles. The molecule has 0 spiro atoms. The highest BCUT2D eigenvalue weighted by Gasteiger charge is 2.28. The first kappa shape index (κ1) is 20.2. The van der Waals surface area contributed by atoms with Crippen LogP contribution < -0.4 is 4.74 Å². The zero-order chi connectivity index (χ0) is 21.1. The summed E-state index contributed by atoms with van der Waals surface area (Å²) in [5.41, 5.74) is 1.59. The minimum absolute atomic E-state index is 0.0132. The minimum atomic E-state index is -0.482.